The highest BCUT2D eigenvalue weighted by molar-refractivity contribution is 5.68. The monoisotopic (exact) mass is 327 g/mol. The summed E-state index contributed by atoms with van der Waals surface area (Å²) in [6, 6.07) is 9.61. The number of carboxylic acid groups (broad SMARTS) is 1. The smallest absolute Gasteiger partial charge is 0.341 e. The van der Waals surface area contributed by atoms with Crippen LogP contribution in [0.25, 0.3) is 0 Å². The topological polar surface area (TPSA) is 75.6 Å². The summed E-state index contributed by atoms with van der Waals surface area (Å²) in [5.74, 6) is 0.0875. The lowest BCUT2D eigenvalue weighted by atomic mass is 9.94. The number of rotatable bonds is 6. The van der Waals surface area contributed by atoms with E-state index in [1.165, 1.54) is 0 Å². The number of hydrogen-bond donors (Lipinski definition) is 1. The van der Waals surface area contributed by atoms with E-state index in [2.05, 4.69) is 14.9 Å². The molecule has 0 radical (unpaired) electrons. The fraction of sp³-hybridized carbons (Fsp3) is 0.389. The Morgan fingerprint density at radius 3 is 3.00 bits per heavy atom. The third kappa shape index (κ3) is 4.29. The maximum Gasteiger partial charge on any atom is 0.341 e. The summed E-state index contributed by atoms with van der Waals surface area (Å²) >= 11 is 0. The minimum Gasteiger partial charge on any atom is -0.482 e. The van der Waals surface area contributed by atoms with Crippen LogP contribution in [0, 0.1) is 0 Å². The second kappa shape index (κ2) is 7.88. The Kier molecular flexibility index (Phi) is 5.38. The summed E-state index contributed by atoms with van der Waals surface area (Å²) in [7, 11) is 0. The molecule has 1 saturated heterocycles. The van der Waals surface area contributed by atoms with Crippen LogP contribution in [-0.4, -0.2) is 45.6 Å². The van der Waals surface area contributed by atoms with Crippen molar-refractivity contribution < 1.29 is 14.6 Å². The molecule has 1 aromatic carbocycles. The van der Waals surface area contributed by atoms with E-state index in [1.54, 1.807) is 12.5 Å². The van der Waals surface area contributed by atoms with E-state index in [1.807, 2.05) is 30.3 Å². The predicted octanol–water partition coefficient (Wildman–Crippen LogP) is 2.32. The number of hydrogen-bond acceptors (Lipinski definition) is 5. The molecule has 0 spiro atoms. The molecule has 6 nitrogen and oxygen atoms in total. The summed E-state index contributed by atoms with van der Waals surface area (Å²) < 4.78 is 5.40. The first kappa shape index (κ1) is 16.4. The lowest BCUT2D eigenvalue weighted by Crippen LogP contribution is -2.34. The van der Waals surface area contributed by atoms with Gasteiger partial charge in [-0.25, -0.2) is 14.8 Å². The lowest BCUT2D eigenvalue weighted by Gasteiger charge is -2.32. The van der Waals surface area contributed by atoms with Crippen LogP contribution in [0.1, 0.15) is 30.0 Å². The summed E-state index contributed by atoms with van der Waals surface area (Å²) in [5, 5.41) is 8.80. The van der Waals surface area contributed by atoms with E-state index in [-0.39, 0.29) is 6.61 Å². The van der Waals surface area contributed by atoms with Gasteiger partial charge in [0.15, 0.2) is 6.61 Å². The molecule has 1 aliphatic heterocycles. The Morgan fingerprint density at radius 2 is 2.21 bits per heavy atom. The fourth-order valence-corrected chi connectivity index (χ4v) is 3.14. The molecule has 1 N–H and O–H groups in total. The van der Waals surface area contributed by atoms with Crippen LogP contribution >= 0.6 is 0 Å². The first-order valence-corrected chi connectivity index (χ1v) is 8.13. The van der Waals surface area contributed by atoms with Crippen molar-refractivity contribution in [3.05, 3.63) is 54.1 Å². The van der Waals surface area contributed by atoms with Crippen LogP contribution in [0.2, 0.25) is 0 Å². The predicted molar refractivity (Wildman–Crippen MR) is 88.9 cm³/mol. The number of aromatic nitrogens is 2. The summed E-state index contributed by atoms with van der Waals surface area (Å²) in [6.45, 7) is 2.39. The van der Waals surface area contributed by atoms with Crippen molar-refractivity contribution in [3.63, 3.8) is 0 Å². The summed E-state index contributed by atoms with van der Waals surface area (Å²) in [5.41, 5.74) is 2.10. The van der Waals surface area contributed by atoms with Gasteiger partial charge in [-0.2, -0.15) is 0 Å². The highest BCUT2D eigenvalue weighted by Gasteiger charge is 2.23. The highest BCUT2D eigenvalue weighted by Crippen LogP contribution is 2.28. The molecule has 1 aromatic heterocycles. The number of ether oxygens (including phenoxy) is 1. The van der Waals surface area contributed by atoms with Gasteiger partial charge in [-0.05, 0) is 31.5 Å². The van der Waals surface area contributed by atoms with Crippen LogP contribution in [0.4, 0.5) is 0 Å². The third-order valence-electron chi connectivity index (χ3n) is 4.25. The van der Waals surface area contributed by atoms with Crippen molar-refractivity contribution in [2.24, 2.45) is 0 Å². The molecule has 0 aliphatic carbocycles. The van der Waals surface area contributed by atoms with Crippen molar-refractivity contribution in [1.82, 2.24) is 14.9 Å². The molecule has 1 aliphatic rings. The van der Waals surface area contributed by atoms with Crippen LogP contribution in [0.15, 0.2) is 42.9 Å². The molecule has 1 fully saturated rings. The zero-order valence-electron chi connectivity index (χ0n) is 13.5. The van der Waals surface area contributed by atoms with Gasteiger partial charge < -0.3 is 9.84 Å². The van der Waals surface area contributed by atoms with Crippen molar-refractivity contribution in [1.29, 1.82) is 0 Å². The van der Waals surface area contributed by atoms with Gasteiger partial charge in [0.2, 0.25) is 0 Å². The maximum atomic E-state index is 10.7. The zero-order valence-corrected chi connectivity index (χ0v) is 13.5. The minimum absolute atomic E-state index is 0.319. The highest BCUT2D eigenvalue weighted by atomic mass is 16.5. The van der Waals surface area contributed by atoms with Gasteiger partial charge in [0.05, 0.1) is 0 Å². The molecule has 24 heavy (non-hydrogen) atoms. The van der Waals surface area contributed by atoms with Crippen LogP contribution in [0.3, 0.4) is 0 Å². The van der Waals surface area contributed by atoms with Crippen molar-refractivity contribution in [2.45, 2.75) is 25.3 Å². The van der Waals surface area contributed by atoms with E-state index in [9.17, 15) is 4.79 Å². The third-order valence-corrected chi connectivity index (χ3v) is 4.25. The van der Waals surface area contributed by atoms with Crippen LogP contribution in [-0.2, 0) is 11.3 Å². The van der Waals surface area contributed by atoms with Gasteiger partial charge in [0.25, 0.3) is 0 Å². The molecule has 6 heteroatoms. The molecule has 0 unspecified atom stereocenters. The van der Waals surface area contributed by atoms with Crippen LogP contribution < -0.4 is 4.74 Å². The van der Waals surface area contributed by atoms with E-state index < -0.39 is 5.97 Å². The number of carbonyl (C=O) groups is 1. The van der Waals surface area contributed by atoms with Gasteiger partial charge in [-0.1, -0.05) is 18.2 Å². The number of carboxylic acids is 1. The Labute approximate surface area is 141 Å². The van der Waals surface area contributed by atoms with Crippen LogP contribution in [0.5, 0.6) is 5.75 Å². The maximum absolute atomic E-state index is 10.7. The average molecular weight is 327 g/mol. The second-order valence-corrected chi connectivity index (χ2v) is 6.00. The molecule has 126 valence electrons. The Bertz CT molecular complexity index is 678. The Morgan fingerprint density at radius 1 is 1.33 bits per heavy atom. The van der Waals surface area contributed by atoms with Gasteiger partial charge in [0, 0.05) is 36.5 Å². The first-order valence-electron chi connectivity index (χ1n) is 8.13. The summed E-state index contributed by atoms with van der Waals surface area (Å²) in [6.07, 6.45) is 5.64. The quantitative estimate of drug-likeness (QED) is 0.877. The molecule has 3 rings (SSSR count). The molecular weight excluding hydrogens is 306 g/mol. The first-order chi connectivity index (χ1) is 11.7. The number of benzene rings is 1. The van der Waals surface area contributed by atoms with E-state index >= 15 is 0 Å². The molecule has 1 atom stereocenters. The molecule has 0 bridgehead atoms. The number of aliphatic carboxylic acids is 1. The van der Waals surface area contributed by atoms with E-state index in [4.69, 9.17) is 9.84 Å². The molecule has 0 amide bonds. The molecular formula is C18H21N3O3. The van der Waals surface area contributed by atoms with Crippen molar-refractivity contribution in [3.8, 4) is 5.75 Å². The Hall–Kier alpha value is -2.47. The van der Waals surface area contributed by atoms with Gasteiger partial charge in [0.1, 0.15) is 12.1 Å². The number of nitrogens with zero attached hydrogens (tertiary/aromatic N) is 3. The zero-order chi connectivity index (χ0) is 16.8. The van der Waals surface area contributed by atoms with Crippen molar-refractivity contribution in [2.75, 3.05) is 19.7 Å². The van der Waals surface area contributed by atoms with Gasteiger partial charge in [-0.3, -0.25) is 4.90 Å². The van der Waals surface area contributed by atoms with Gasteiger partial charge >= 0.3 is 5.97 Å². The molecule has 0 saturated carbocycles. The fourth-order valence-electron chi connectivity index (χ4n) is 3.14. The Balaban J connectivity index is 1.66. The average Bonchev–Trinajstić information content (AvgIpc) is 2.62. The number of para-hydroxylation sites is 1. The SMILES string of the molecule is O=C(O)COc1ccccc1CN1CCC[C@H](c2ccncn2)C1. The minimum atomic E-state index is -0.966. The van der Waals surface area contributed by atoms with Gasteiger partial charge in [-0.15, -0.1) is 0 Å². The molecule has 2 heterocycles. The number of piperidine rings is 1. The standard InChI is InChI=1S/C18H21N3O3/c22-18(23)12-24-17-6-2-1-4-15(17)11-21-9-3-5-14(10-21)16-7-8-19-13-20-16/h1-2,4,6-8,13-14H,3,5,9-12H2,(H,22,23)/t14-/m0/s1. The lowest BCUT2D eigenvalue weighted by molar-refractivity contribution is -0.139. The normalized spacial score (nSPS) is 18.2. The second-order valence-electron chi connectivity index (χ2n) is 6.00. The summed E-state index contributed by atoms with van der Waals surface area (Å²) in [4.78, 5) is 21.5. The van der Waals surface area contributed by atoms with E-state index in [0.29, 0.717) is 11.7 Å². The van der Waals surface area contributed by atoms with Crippen molar-refractivity contribution >= 4 is 5.97 Å². The number of likely N-dealkylation sites (tertiary alicyclic amines) is 1. The largest absolute Gasteiger partial charge is 0.482 e. The molecule has 2 aromatic rings. The van der Waals surface area contributed by atoms with E-state index in [0.717, 1.165) is 43.7 Å².